The summed E-state index contributed by atoms with van der Waals surface area (Å²) in [5.74, 6) is 0. The molecule has 0 atom stereocenters. The zero-order chi connectivity index (χ0) is 18.2. The van der Waals surface area contributed by atoms with Crippen molar-refractivity contribution in [3.8, 4) is 0 Å². The topological polar surface area (TPSA) is 79.6 Å². The number of thiocarbonyl (C=S) groups is 1. The maximum absolute atomic E-state index is 11.4. The van der Waals surface area contributed by atoms with Gasteiger partial charge in [-0.1, -0.05) is 29.4 Å². The van der Waals surface area contributed by atoms with Crippen molar-refractivity contribution in [3.05, 3.63) is 63.2 Å². The monoisotopic (exact) mass is 394 g/mol. The molecule has 2 rings (SSSR count). The van der Waals surface area contributed by atoms with Crippen molar-refractivity contribution < 1.29 is 4.92 Å². The maximum atomic E-state index is 11.4. The van der Waals surface area contributed by atoms with Crippen LogP contribution in [0.3, 0.4) is 0 Å². The number of nitro groups is 1. The van der Waals surface area contributed by atoms with Crippen LogP contribution in [0.5, 0.6) is 0 Å². The van der Waals surface area contributed by atoms with Crippen LogP contribution >= 0.6 is 35.6 Å². The largest absolute Gasteiger partial charge is 0.362 e. The molecule has 0 saturated heterocycles. The van der Waals surface area contributed by atoms with Gasteiger partial charge in [0.2, 0.25) is 0 Å². The summed E-state index contributed by atoms with van der Waals surface area (Å²) in [6.45, 7) is 2.60. The normalized spacial score (nSPS) is 10.6. The Hall–Kier alpha value is -2.16. The second-order valence-corrected chi connectivity index (χ2v) is 6.73. The van der Waals surface area contributed by atoms with Crippen molar-refractivity contribution in [1.29, 1.82) is 0 Å². The average Bonchev–Trinajstić information content (AvgIpc) is 2.58. The van der Waals surface area contributed by atoms with Gasteiger partial charge in [0, 0.05) is 28.1 Å². The average molecular weight is 395 g/mol. The van der Waals surface area contributed by atoms with Gasteiger partial charge in [-0.15, -0.1) is 0 Å². The summed E-state index contributed by atoms with van der Waals surface area (Å²) in [6.07, 6.45) is 1.48. The Labute approximate surface area is 159 Å². The highest BCUT2D eigenvalue weighted by Crippen LogP contribution is 2.35. The third kappa shape index (κ3) is 6.00. The van der Waals surface area contributed by atoms with Crippen molar-refractivity contribution in [1.82, 2.24) is 10.7 Å². The molecule has 0 bridgehead atoms. The number of hydrogen-bond donors (Lipinski definition) is 2. The van der Waals surface area contributed by atoms with E-state index in [0.29, 0.717) is 27.1 Å². The lowest BCUT2D eigenvalue weighted by Crippen LogP contribution is -2.31. The van der Waals surface area contributed by atoms with E-state index < -0.39 is 4.92 Å². The maximum Gasteiger partial charge on any atom is 0.283 e. The van der Waals surface area contributed by atoms with Crippen molar-refractivity contribution in [3.63, 3.8) is 0 Å². The molecular weight excluding hydrogens is 380 g/mol. The molecule has 25 heavy (non-hydrogen) atoms. The quantitative estimate of drug-likeness (QED) is 0.330. The first-order valence-corrected chi connectivity index (χ1v) is 8.88. The Morgan fingerprint density at radius 1 is 1.36 bits per heavy atom. The van der Waals surface area contributed by atoms with Crippen LogP contribution in [0.25, 0.3) is 0 Å². The lowest BCUT2D eigenvalue weighted by atomic mass is 10.2. The van der Waals surface area contributed by atoms with Crippen molar-refractivity contribution in [2.24, 2.45) is 5.10 Å². The molecule has 0 fully saturated rings. The molecule has 0 heterocycles. The van der Waals surface area contributed by atoms with E-state index in [1.165, 1.54) is 24.0 Å². The van der Waals surface area contributed by atoms with Gasteiger partial charge in [-0.3, -0.25) is 15.5 Å². The first-order chi connectivity index (χ1) is 12.0. The molecule has 2 aromatic rings. The smallest absolute Gasteiger partial charge is 0.283 e. The molecular formula is C16H15ClN4O2S2. The first-order valence-electron chi connectivity index (χ1n) is 7.28. The molecule has 0 radical (unpaired) electrons. The fraction of sp³-hybridized carbons (Fsp3) is 0.125. The summed E-state index contributed by atoms with van der Waals surface area (Å²) in [5, 5.41) is 19.2. The van der Waals surface area contributed by atoms with Gasteiger partial charge >= 0.3 is 0 Å². The molecule has 6 nitrogen and oxygen atoms in total. The molecule has 0 amide bonds. The van der Waals surface area contributed by atoms with E-state index >= 15 is 0 Å². The molecule has 130 valence electrons. The lowest BCUT2D eigenvalue weighted by Gasteiger charge is -2.05. The zero-order valence-electron chi connectivity index (χ0n) is 13.2. The second-order valence-electron chi connectivity index (χ2n) is 4.77. The summed E-state index contributed by atoms with van der Waals surface area (Å²) < 4.78 is 0. The summed E-state index contributed by atoms with van der Waals surface area (Å²) in [4.78, 5) is 12.4. The fourth-order valence-corrected chi connectivity index (χ4v) is 3.06. The number of nitro benzene ring substituents is 1. The van der Waals surface area contributed by atoms with Crippen LogP contribution in [0.2, 0.25) is 5.02 Å². The predicted octanol–water partition coefficient (Wildman–Crippen LogP) is 4.22. The molecule has 0 unspecified atom stereocenters. The van der Waals surface area contributed by atoms with E-state index in [9.17, 15) is 10.1 Å². The minimum atomic E-state index is -0.410. The Morgan fingerprint density at radius 3 is 2.72 bits per heavy atom. The number of hydrazone groups is 1. The van der Waals surface area contributed by atoms with Crippen molar-refractivity contribution in [2.75, 3.05) is 6.54 Å². The molecule has 0 saturated carbocycles. The number of rotatable bonds is 6. The van der Waals surface area contributed by atoms with E-state index in [-0.39, 0.29) is 5.69 Å². The summed E-state index contributed by atoms with van der Waals surface area (Å²) in [5.41, 5.74) is 3.25. The molecule has 2 N–H and O–H groups in total. The minimum absolute atomic E-state index is 0.0122. The number of nitrogens with one attached hydrogen (secondary N) is 2. The number of benzene rings is 2. The molecule has 0 spiro atoms. The van der Waals surface area contributed by atoms with Gasteiger partial charge in [0.05, 0.1) is 16.0 Å². The van der Waals surface area contributed by atoms with Gasteiger partial charge in [-0.2, -0.15) is 5.10 Å². The number of halogens is 1. The van der Waals surface area contributed by atoms with Gasteiger partial charge in [0.1, 0.15) is 0 Å². The number of nitrogens with zero attached hydrogens (tertiary/aromatic N) is 2. The molecule has 0 aliphatic rings. The number of hydrogen-bond acceptors (Lipinski definition) is 5. The predicted molar refractivity (Wildman–Crippen MR) is 106 cm³/mol. The minimum Gasteiger partial charge on any atom is -0.362 e. The Kier molecular flexibility index (Phi) is 7.17. The van der Waals surface area contributed by atoms with Gasteiger partial charge in [-0.05, 0) is 49.5 Å². The highest BCUT2D eigenvalue weighted by atomic mass is 35.5. The van der Waals surface area contributed by atoms with Crippen LogP contribution in [-0.2, 0) is 0 Å². The highest BCUT2D eigenvalue weighted by molar-refractivity contribution is 7.99. The van der Waals surface area contributed by atoms with Crippen LogP contribution in [0, 0.1) is 10.1 Å². The van der Waals surface area contributed by atoms with Gasteiger partial charge in [-0.25, -0.2) is 0 Å². The molecule has 0 aliphatic carbocycles. The first kappa shape index (κ1) is 19.2. The third-order valence-corrected chi connectivity index (χ3v) is 4.50. The third-order valence-electron chi connectivity index (χ3n) is 2.94. The standard InChI is InChI=1S/C16H15ClN4O2S2/c1-2-18-16(24)20-19-10-11-3-8-15(14(9-11)21(22)23)25-13-6-4-12(17)5-7-13/h3-10H,2H2,1H3,(H2,18,20,24). The van der Waals surface area contributed by atoms with Crippen molar-refractivity contribution >= 4 is 52.6 Å². The summed E-state index contributed by atoms with van der Waals surface area (Å²) >= 11 is 12.1. The van der Waals surface area contributed by atoms with E-state index in [1.807, 2.05) is 19.1 Å². The Balaban J connectivity index is 2.16. The van der Waals surface area contributed by atoms with E-state index in [0.717, 1.165) is 4.90 Å². The van der Waals surface area contributed by atoms with Gasteiger partial charge in [0.15, 0.2) is 5.11 Å². The van der Waals surface area contributed by atoms with Gasteiger partial charge in [0.25, 0.3) is 5.69 Å². The van der Waals surface area contributed by atoms with E-state index in [1.54, 1.807) is 24.3 Å². The van der Waals surface area contributed by atoms with Crippen LogP contribution in [0.15, 0.2) is 57.4 Å². The van der Waals surface area contributed by atoms with Crippen LogP contribution in [0.4, 0.5) is 5.69 Å². The van der Waals surface area contributed by atoms with Gasteiger partial charge < -0.3 is 5.32 Å². The van der Waals surface area contributed by atoms with Crippen LogP contribution in [-0.4, -0.2) is 22.8 Å². The van der Waals surface area contributed by atoms with E-state index in [2.05, 4.69) is 15.8 Å². The fourth-order valence-electron chi connectivity index (χ4n) is 1.84. The van der Waals surface area contributed by atoms with Crippen molar-refractivity contribution in [2.45, 2.75) is 16.7 Å². The molecule has 0 aliphatic heterocycles. The Bertz CT molecular complexity index is 797. The zero-order valence-corrected chi connectivity index (χ0v) is 15.6. The molecule has 0 aromatic heterocycles. The SMILES string of the molecule is CCNC(=S)NN=Cc1ccc(Sc2ccc(Cl)cc2)c([N+](=O)[O-])c1. The Morgan fingerprint density at radius 2 is 2.08 bits per heavy atom. The van der Waals surface area contributed by atoms with Crippen LogP contribution < -0.4 is 10.7 Å². The summed E-state index contributed by atoms with van der Waals surface area (Å²) in [6, 6.07) is 12.1. The van der Waals surface area contributed by atoms with E-state index in [4.69, 9.17) is 23.8 Å². The molecule has 2 aromatic carbocycles. The lowest BCUT2D eigenvalue weighted by molar-refractivity contribution is -0.387. The molecule has 9 heteroatoms. The van der Waals surface area contributed by atoms with Crippen LogP contribution in [0.1, 0.15) is 12.5 Å². The highest BCUT2D eigenvalue weighted by Gasteiger charge is 2.15. The second kappa shape index (κ2) is 9.36. The summed E-state index contributed by atoms with van der Waals surface area (Å²) in [7, 11) is 0.